The van der Waals surface area contributed by atoms with E-state index < -0.39 is 0 Å². The quantitative estimate of drug-likeness (QED) is 0.792. The average molecular weight is 401 g/mol. The first-order valence-corrected chi connectivity index (χ1v) is 10.5. The molecule has 2 aromatic carbocycles. The number of halogens is 2. The van der Waals surface area contributed by atoms with Crippen LogP contribution in [-0.2, 0) is 17.8 Å². The third-order valence-electron chi connectivity index (χ3n) is 6.09. The normalized spacial score (nSPS) is 20.6. The van der Waals surface area contributed by atoms with Crippen molar-refractivity contribution in [2.75, 3.05) is 13.1 Å². The lowest BCUT2D eigenvalue weighted by Gasteiger charge is -2.33. The smallest absolute Gasteiger partial charge is 0.223 e. The number of hydrogen-bond acceptors (Lipinski definition) is 2. The van der Waals surface area contributed by atoms with Crippen LogP contribution in [0.4, 0.5) is 4.39 Å². The molecule has 148 valence electrons. The van der Waals surface area contributed by atoms with E-state index in [-0.39, 0.29) is 23.7 Å². The Labute approximate surface area is 170 Å². The van der Waals surface area contributed by atoms with Gasteiger partial charge in [0.25, 0.3) is 0 Å². The van der Waals surface area contributed by atoms with Crippen molar-refractivity contribution < 1.29 is 9.18 Å². The molecule has 1 aliphatic heterocycles. The third kappa shape index (κ3) is 4.23. The van der Waals surface area contributed by atoms with Gasteiger partial charge in [0.15, 0.2) is 0 Å². The molecule has 0 saturated carbocycles. The summed E-state index contributed by atoms with van der Waals surface area (Å²) >= 11 is 6.15. The van der Waals surface area contributed by atoms with Crippen LogP contribution in [0.25, 0.3) is 0 Å². The lowest BCUT2D eigenvalue weighted by molar-refractivity contribution is -0.127. The van der Waals surface area contributed by atoms with Crippen LogP contribution in [0.5, 0.6) is 0 Å². The molecule has 0 radical (unpaired) electrons. The van der Waals surface area contributed by atoms with E-state index in [1.54, 1.807) is 12.1 Å². The summed E-state index contributed by atoms with van der Waals surface area (Å²) in [4.78, 5) is 15.0. The zero-order chi connectivity index (χ0) is 19.5. The van der Waals surface area contributed by atoms with Crippen LogP contribution in [-0.4, -0.2) is 23.9 Å². The van der Waals surface area contributed by atoms with Crippen molar-refractivity contribution in [3.8, 4) is 0 Å². The van der Waals surface area contributed by atoms with E-state index in [2.05, 4.69) is 34.5 Å². The van der Waals surface area contributed by atoms with E-state index in [0.29, 0.717) is 17.1 Å². The molecule has 1 aliphatic carbocycles. The number of rotatable bonds is 4. The van der Waals surface area contributed by atoms with E-state index >= 15 is 0 Å². The second kappa shape index (κ2) is 8.62. The van der Waals surface area contributed by atoms with Gasteiger partial charge in [0.1, 0.15) is 5.82 Å². The first-order valence-electron chi connectivity index (χ1n) is 10.2. The summed E-state index contributed by atoms with van der Waals surface area (Å²) in [6.45, 7) is 2.06. The zero-order valence-corrected chi connectivity index (χ0v) is 16.7. The molecular formula is C23H26ClFN2O. The Hall–Kier alpha value is -1.91. The molecule has 28 heavy (non-hydrogen) atoms. The summed E-state index contributed by atoms with van der Waals surface area (Å²) in [6.07, 6.45) is 4.81. The van der Waals surface area contributed by atoms with Gasteiger partial charge in [-0.25, -0.2) is 4.39 Å². The standard InChI is InChI=1S/C23H26ClFN2O/c24-20-8-4-9-21(25)19(20)15-27-13-11-17(12-14-27)23(28)26-22-10-3-6-16-5-1-2-7-18(16)22/h1-2,4-5,7-9,17,22H,3,6,10-15H2,(H,26,28)/t22-/m1/s1. The molecule has 1 fully saturated rings. The van der Waals surface area contributed by atoms with Gasteiger partial charge < -0.3 is 5.32 Å². The molecule has 2 aromatic rings. The molecule has 1 atom stereocenters. The van der Waals surface area contributed by atoms with Crippen molar-refractivity contribution in [2.45, 2.75) is 44.7 Å². The molecule has 1 saturated heterocycles. The number of carbonyl (C=O) groups is 1. The molecular weight excluding hydrogens is 375 g/mol. The fourth-order valence-electron chi connectivity index (χ4n) is 4.45. The Morgan fingerprint density at radius 1 is 1.11 bits per heavy atom. The summed E-state index contributed by atoms with van der Waals surface area (Å²) in [5.74, 6) is -0.0740. The van der Waals surface area contributed by atoms with E-state index in [0.717, 1.165) is 45.2 Å². The predicted molar refractivity (Wildman–Crippen MR) is 110 cm³/mol. The van der Waals surface area contributed by atoms with Crippen LogP contribution in [0, 0.1) is 11.7 Å². The van der Waals surface area contributed by atoms with Crippen LogP contribution < -0.4 is 5.32 Å². The van der Waals surface area contributed by atoms with Crippen LogP contribution >= 0.6 is 11.6 Å². The Balaban J connectivity index is 1.32. The van der Waals surface area contributed by atoms with Gasteiger partial charge in [-0.1, -0.05) is 41.9 Å². The fourth-order valence-corrected chi connectivity index (χ4v) is 4.68. The van der Waals surface area contributed by atoms with Crippen LogP contribution in [0.3, 0.4) is 0 Å². The Kier molecular flexibility index (Phi) is 5.98. The summed E-state index contributed by atoms with van der Waals surface area (Å²) < 4.78 is 14.0. The van der Waals surface area contributed by atoms with E-state index in [1.807, 2.05) is 0 Å². The van der Waals surface area contributed by atoms with Gasteiger partial charge in [0, 0.05) is 23.0 Å². The highest BCUT2D eigenvalue weighted by Gasteiger charge is 2.29. The van der Waals surface area contributed by atoms with Gasteiger partial charge >= 0.3 is 0 Å². The van der Waals surface area contributed by atoms with Gasteiger partial charge in [-0.05, 0) is 68.5 Å². The molecule has 4 rings (SSSR count). The number of amides is 1. The van der Waals surface area contributed by atoms with Gasteiger partial charge in [0.2, 0.25) is 5.91 Å². The molecule has 3 nitrogen and oxygen atoms in total. The third-order valence-corrected chi connectivity index (χ3v) is 6.44. The van der Waals surface area contributed by atoms with Crippen LogP contribution in [0.1, 0.15) is 48.4 Å². The molecule has 5 heteroatoms. The van der Waals surface area contributed by atoms with Crippen LogP contribution in [0.15, 0.2) is 42.5 Å². The van der Waals surface area contributed by atoms with Crippen molar-refractivity contribution in [1.82, 2.24) is 10.2 Å². The number of aryl methyl sites for hydroxylation is 1. The maximum atomic E-state index is 14.0. The molecule has 0 spiro atoms. The second-order valence-electron chi connectivity index (χ2n) is 7.90. The number of fused-ring (bicyclic) bond motifs is 1. The number of nitrogens with one attached hydrogen (secondary N) is 1. The van der Waals surface area contributed by atoms with E-state index in [4.69, 9.17) is 11.6 Å². The minimum Gasteiger partial charge on any atom is -0.349 e. The number of nitrogens with zero attached hydrogens (tertiary/aromatic N) is 1. The van der Waals surface area contributed by atoms with Gasteiger partial charge in [0.05, 0.1) is 6.04 Å². The van der Waals surface area contributed by atoms with Crippen molar-refractivity contribution >= 4 is 17.5 Å². The molecule has 0 unspecified atom stereocenters. The number of benzene rings is 2. The van der Waals surface area contributed by atoms with Crippen molar-refractivity contribution in [3.63, 3.8) is 0 Å². The summed E-state index contributed by atoms with van der Waals surface area (Å²) in [6, 6.07) is 13.4. The monoisotopic (exact) mass is 400 g/mol. The fraction of sp³-hybridized carbons (Fsp3) is 0.435. The Morgan fingerprint density at radius 3 is 2.68 bits per heavy atom. The molecule has 0 aromatic heterocycles. The van der Waals surface area contributed by atoms with Crippen molar-refractivity contribution in [1.29, 1.82) is 0 Å². The summed E-state index contributed by atoms with van der Waals surface area (Å²) in [7, 11) is 0. The number of likely N-dealkylation sites (tertiary alicyclic amines) is 1. The largest absolute Gasteiger partial charge is 0.349 e. The van der Waals surface area contributed by atoms with Gasteiger partial charge in [-0.15, -0.1) is 0 Å². The van der Waals surface area contributed by atoms with Crippen LogP contribution in [0.2, 0.25) is 5.02 Å². The minimum absolute atomic E-state index is 0.0291. The molecule has 1 amide bonds. The lowest BCUT2D eigenvalue weighted by Crippen LogP contribution is -2.42. The van der Waals surface area contributed by atoms with E-state index in [9.17, 15) is 9.18 Å². The maximum Gasteiger partial charge on any atom is 0.223 e. The van der Waals surface area contributed by atoms with Gasteiger partial charge in [-0.2, -0.15) is 0 Å². The van der Waals surface area contributed by atoms with Crippen molar-refractivity contribution in [2.24, 2.45) is 5.92 Å². The molecule has 1 N–H and O–H groups in total. The zero-order valence-electron chi connectivity index (χ0n) is 16.0. The predicted octanol–water partition coefficient (Wildman–Crippen LogP) is 4.88. The minimum atomic E-state index is -0.261. The topological polar surface area (TPSA) is 32.3 Å². The number of carbonyl (C=O) groups excluding carboxylic acids is 1. The summed E-state index contributed by atoms with van der Waals surface area (Å²) in [5.41, 5.74) is 3.18. The molecule has 0 bridgehead atoms. The highest BCUT2D eigenvalue weighted by Crippen LogP contribution is 2.30. The van der Waals surface area contributed by atoms with Gasteiger partial charge in [-0.3, -0.25) is 9.69 Å². The second-order valence-corrected chi connectivity index (χ2v) is 8.31. The Bertz CT molecular complexity index is 828. The lowest BCUT2D eigenvalue weighted by atomic mass is 9.87. The highest BCUT2D eigenvalue weighted by atomic mass is 35.5. The number of piperidine rings is 1. The Morgan fingerprint density at radius 2 is 1.89 bits per heavy atom. The molecule has 1 heterocycles. The average Bonchev–Trinajstić information content (AvgIpc) is 2.71. The highest BCUT2D eigenvalue weighted by molar-refractivity contribution is 6.31. The number of hydrogen-bond donors (Lipinski definition) is 1. The first kappa shape index (κ1) is 19.4. The summed E-state index contributed by atoms with van der Waals surface area (Å²) in [5, 5.41) is 3.76. The van der Waals surface area contributed by atoms with Crippen molar-refractivity contribution in [3.05, 3.63) is 70.0 Å². The molecule has 2 aliphatic rings. The first-order chi connectivity index (χ1) is 13.6. The maximum absolute atomic E-state index is 14.0. The SMILES string of the molecule is O=C(N[C@@H]1CCCc2ccccc21)C1CCN(Cc2c(F)cccc2Cl)CC1. The van der Waals surface area contributed by atoms with E-state index in [1.165, 1.54) is 17.2 Å².